The Morgan fingerprint density at radius 2 is 2.40 bits per heavy atom. The quantitative estimate of drug-likeness (QED) is 0.502. The van der Waals surface area contributed by atoms with Gasteiger partial charge in [0, 0.05) is 13.1 Å². The van der Waals surface area contributed by atoms with Crippen LogP contribution in [-0.2, 0) is 4.79 Å². The standard InChI is InChI=1S/C6H9N3O/c7-1-5-3-9(4-5)6(10)2-8/h5H,2-4,8H2. The van der Waals surface area contributed by atoms with Crippen molar-refractivity contribution in [2.24, 2.45) is 11.7 Å². The van der Waals surface area contributed by atoms with Gasteiger partial charge in [-0.2, -0.15) is 5.26 Å². The molecule has 0 spiro atoms. The van der Waals surface area contributed by atoms with Crippen LogP contribution in [0.2, 0.25) is 0 Å². The Balaban J connectivity index is 2.27. The number of hydrogen-bond acceptors (Lipinski definition) is 3. The molecule has 4 heteroatoms. The second-order valence-corrected chi connectivity index (χ2v) is 2.33. The van der Waals surface area contributed by atoms with Crippen molar-refractivity contribution < 1.29 is 4.79 Å². The lowest BCUT2D eigenvalue weighted by atomic mass is 10.0. The van der Waals surface area contributed by atoms with Crippen LogP contribution in [0.5, 0.6) is 0 Å². The molecule has 1 amide bonds. The summed E-state index contributed by atoms with van der Waals surface area (Å²) in [5.74, 6) is -0.0259. The van der Waals surface area contributed by atoms with Crippen LogP contribution in [0.25, 0.3) is 0 Å². The van der Waals surface area contributed by atoms with Crippen molar-refractivity contribution in [2.45, 2.75) is 0 Å². The first kappa shape index (κ1) is 7.03. The second kappa shape index (κ2) is 2.67. The number of hydrogen-bond donors (Lipinski definition) is 1. The zero-order valence-corrected chi connectivity index (χ0v) is 5.58. The molecule has 10 heavy (non-hydrogen) atoms. The molecule has 0 aliphatic carbocycles. The van der Waals surface area contributed by atoms with Gasteiger partial charge in [0.05, 0.1) is 18.5 Å². The summed E-state index contributed by atoms with van der Waals surface area (Å²) in [6.45, 7) is 1.18. The van der Waals surface area contributed by atoms with Crippen molar-refractivity contribution >= 4 is 5.91 Å². The molecule has 0 aromatic rings. The first-order chi connectivity index (χ1) is 4.77. The number of rotatable bonds is 1. The van der Waals surface area contributed by atoms with Crippen molar-refractivity contribution in [3.05, 3.63) is 0 Å². The molecule has 2 N–H and O–H groups in total. The molecule has 0 radical (unpaired) electrons. The molecule has 0 unspecified atom stereocenters. The Kier molecular flexibility index (Phi) is 1.88. The van der Waals surface area contributed by atoms with E-state index in [2.05, 4.69) is 6.07 Å². The zero-order valence-electron chi connectivity index (χ0n) is 5.58. The van der Waals surface area contributed by atoms with Crippen LogP contribution in [-0.4, -0.2) is 30.4 Å². The minimum atomic E-state index is -0.0634. The fourth-order valence-electron chi connectivity index (χ4n) is 0.893. The monoisotopic (exact) mass is 139 g/mol. The lowest BCUT2D eigenvalue weighted by molar-refractivity contribution is -0.134. The fraction of sp³-hybridized carbons (Fsp3) is 0.667. The third-order valence-electron chi connectivity index (χ3n) is 1.59. The molecule has 1 fully saturated rings. The molecule has 0 bridgehead atoms. The normalized spacial score (nSPS) is 17.8. The van der Waals surface area contributed by atoms with E-state index < -0.39 is 0 Å². The highest BCUT2D eigenvalue weighted by molar-refractivity contribution is 5.78. The zero-order chi connectivity index (χ0) is 7.56. The molecule has 1 saturated heterocycles. The SMILES string of the molecule is N#CC1CN(C(=O)CN)C1. The van der Waals surface area contributed by atoms with E-state index in [1.54, 1.807) is 4.90 Å². The second-order valence-electron chi connectivity index (χ2n) is 2.33. The van der Waals surface area contributed by atoms with Gasteiger partial charge in [-0.05, 0) is 0 Å². The van der Waals surface area contributed by atoms with Gasteiger partial charge in [-0.15, -0.1) is 0 Å². The summed E-state index contributed by atoms with van der Waals surface area (Å²) in [5, 5.41) is 8.34. The number of nitrogens with two attached hydrogens (primary N) is 1. The number of likely N-dealkylation sites (tertiary alicyclic amines) is 1. The molecule has 1 rings (SSSR count). The minimum absolute atomic E-state index is 0.0375. The maximum absolute atomic E-state index is 10.7. The van der Waals surface area contributed by atoms with Gasteiger partial charge in [0.15, 0.2) is 0 Å². The van der Waals surface area contributed by atoms with Gasteiger partial charge in [0.1, 0.15) is 0 Å². The van der Waals surface area contributed by atoms with E-state index in [0.717, 1.165) is 0 Å². The van der Waals surface area contributed by atoms with Crippen LogP contribution in [0, 0.1) is 17.2 Å². The fourth-order valence-corrected chi connectivity index (χ4v) is 0.893. The average Bonchev–Trinajstić information content (AvgIpc) is 1.85. The van der Waals surface area contributed by atoms with Gasteiger partial charge in [-0.3, -0.25) is 4.79 Å². The van der Waals surface area contributed by atoms with Crippen molar-refractivity contribution in [3.63, 3.8) is 0 Å². The average molecular weight is 139 g/mol. The lowest BCUT2D eigenvalue weighted by Crippen LogP contribution is -2.51. The number of carbonyl (C=O) groups excluding carboxylic acids is 1. The first-order valence-corrected chi connectivity index (χ1v) is 3.15. The molecule has 4 nitrogen and oxygen atoms in total. The molecule has 0 aromatic carbocycles. The molecule has 0 aromatic heterocycles. The van der Waals surface area contributed by atoms with Gasteiger partial charge >= 0.3 is 0 Å². The van der Waals surface area contributed by atoms with Crippen molar-refractivity contribution in [1.29, 1.82) is 5.26 Å². The largest absolute Gasteiger partial charge is 0.339 e. The van der Waals surface area contributed by atoms with Crippen molar-refractivity contribution in [3.8, 4) is 6.07 Å². The first-order valence-electron chi connectivity index (χ1n) is 3.15. The van der Waals surface area contributed by atoms with Gasteiger partial charge in [-0.1, -0.05) is 0 Å². The summed E-state index contributed by atoms with van der Waals surface area (Å²) in [5.41, 5.74) is 5.10. The van der Waals surface area contributed by atoms with Gasteiger partial charge < -0.3 is 10.6 Å². The summed E-state index contributed by atoms with van der Waals surface area (Å²) in [4.78, 5) is 12.3. The molecule has 1 aliphatic heterocycles. The maximum atomic E-state index is 10.7. The molecule has 0 atom stereocenters. The summed E-state index contributed by atoms with van der Waals surface area (Å²) < 4.78 is 0. The van der Waals surface area contributed by atoms with Crippen LogP contribution in [0.4, 0.5) is 0 Å². The van der Waals surface area contributed by atoms with Crippen molar-refractivity contribution in [2.75, 3.05) is 19.6 Å². The van der Waals surface area contributed by atoms with Crippen LogP contribution >= 0.6 is 0 Å². The smallest absolute Gasteiger partial charge is 0.236 e. The highest BCUT2D eigenvalue weighted by Crippen LogP contribution is 2.13. The van der Waals surface area contributed by atoms with E-state index in [0.29, 0.717) is 13.1 Å². The summed E-state index contributed by atoms with van der Waals surface area (Å²) in [7, 11) is 0. The summed E-state index contributed by atoms with van der Waals surface area (Å²) in [6, 6.07) is 2.08. The number of nitrogens with zero attached hydrogens (tertiary/aromatic N) is 2. The third kappa shape index (κ3) is 1.09. The van der Waals surface area contributed by atoms with Gasteiger partial charge in [0.2, 0.25) is 5.91 Å². The van der Waals surface area contributed by atoms with E-state index in [9.17, 15) is 4.79 Å². The van der Waals surface area contributed by atoms with Crippen LogP contribution in [0.15, 0.2) is 0 Å². The molecular formula is C6H9N3O. The van der Waals surface area contributed by atoms with Crippen LogP contribution < -0.4 is 5.73 Å². The predicted molar refractivity (Wildman–Crippen MR) is 34.7 cm³/mol. The lowest BCUT2D eigenvalue weighted by Gasteiger charge is -2.34. The van der Waals surface area contributed by atoms with Crippen LogP contribution in [0.3, 0.4) is 0 Å². The van der Waals surface area contributed by atoms with Gasteiger partial charge in [0.25, 0.3) is 0 Å². The van der Waals surface area contributed by atoms with E-state index >= 15 is 0 Å². The molecule has 54 valence electrons. The predicted octanol–water partition coefficient (Wildman–Crippen LogP) is -1.07. The highest BCUT2D eigenvalue weighted by Gasteiger charge is 2.29. The van der Waals surface area contributed by atoms with E-state index in [4.69, 9.17) is 11.0 Å². The third-order valence-corrected chi connectivity index (χ3v) is 1.59. The maximum Gasteiger partial charge on any atom is 0.236 e. The van der Waals surface area contributed by atoms with Crippen molar-refractivity contribution in [1.82, 2.24) is 4.90 Å². The topological polar surface area (TPSA) is 70.1 Å². The molecule has 1 heterocycles. The van der Waals surface area contributed by atoms with Gasteiger partial charge in [-0.25, -0.2) is 0 Å². The Bertz CT molecular complexity index is 178. The number of amides is 1. The molecular weight excluding hydrogens is 130 g/mol. The molecule has 1 aliphatic rings. The highest BCUT2D eigenvalue weighted by atomic mass is 16.2. The Labute approximate surface area is 59.2 Å². The van der Waals surface area contributed by atoms with E-state index in [1.165, 1.54) is 0 Å². The van der Waals surface area contributed by atoms with Crippen LogP contribution in [0.1, 0.15) is 0 Å². The van der Waals surface area contributed by atoms with E-state index in [1.807, 2.05) is 0 Å². The van der Waals surface area contributed by atoms with E-state index in [-0.39, 0.29) is 18.4 Å². The summed E-state index contributed by atoms with van der Waals surface area (Å²) in [6.07, 6.45) is 0. The summed E-state index contributed by atoms with van der Waals surface area (Å²) >= 11 is 0. The Morgan fingerprint density at radius 1 is 1.80 bits per heavy atom. The Morgan fingerprint density at radius 3 is 2.80 bits per heavy atom. The number of nitriles is 1. The minimum Gasteiger partial charge on any atom is -0.339 e. The molecule has 0 saturated carbocycles. The Hall–Kier alpha value is -1.08. The number of carbonyl (C=O) groups is 1.